The predicted molar refractivity (Wildman–Crippen MR) is 150 cm³/mol. The lowest BCUT2D eigenvalue weighted by Crippen LogP contribution is -2.50. The average molecular weight is 535 g/mol. The molecule has 0 rings (SSSR count). The minimum atomic E-state index is -0.902. The highest BCUT2D eigenvalue weighted by molar-refractivity contribution is 5.72. The highest BCUT2D eigenvalue weighted by atomic mass is 16.6. The van der Waals surface area contributed by atoms with Gasteiger partial charge in [-0.3, -0.25) is 9.59 Å². The first-order valence-corrected chi connectivity index (χ1v) is 13.3. The van der Waals surface area contributed by atoms with Gasteiger partial charge in [0.05, 0.1) is 40.8 Å². The Morgan fingerprint density at radius 2 is 1.29 bits per heavy atom. The molecular weight excluding hydrogens is 486 g/mol. The third-order valence-electron chi connectivity index (χ3n) is 5.27. The van der Waals surface area contributed by atoms with Crippen LogP contribution < -0.4 is 0 Å². The van der Waals surface area contributed by atoms with E-state index >= 15 is 0 Å². The minimum Gasteiger partial charge on any atom is -0.477 e. The summed E-state index contributed by atoms with van der Waals surface area (Å²) in [5.74, 6) is -1.84. The maximum absolute atomic E-state index is 12.2. The molecule has 0 aromatic heterocycles. The fourth-order valence-corrected chi connectivity index (χ4v) is 3.24. The quantitative estimate of drug-likeness (QED) is 0.0939. The third kappa shape index (κ3) is 21.1. The summed E-state index contributed by atoms with van der Waals surface area (Å²) >= 11 is 0. The lowest BCUT2D eigenvalue weighted by Gasteiger charge is -2.31. The van der Waals surface area contributed by atoms with Crippen molar-refractivity contribution < 1.29 is 38.2 Å². The lowest BCUT2D eigenvalue weighted by atomic mass is 10.1. The maximum Gasteiger partial charge on any atom is 0.362 e. The number of rotatable bonds is 21. The van der Waals surface area contributed by atoms with Crippen molar-refractivity contribution >= 4 is 17.9 Å². The smallest absolute Gasteiger partial charge is 0.362 e. The van der Waals surface area contributed by atoms with Crippen LogP contribution in [0.15, 0.2) is 60.8 Å². The number of allylic oxidation sites excluding steroid dienone is 9. The van der Waals surface area contributed by atoms with Gasteiger partial charge in [-0.15, -0.1) is 0 Å². The summed E-state index contributed by atoms with van der Waals surface area (Å²) in [6, 6.07) is -0.625. The number of likely N-dealkylation sites (N-methyl/N-ethyl adjacent to an activating group) is 1. The number of hydrogen-bond donors (Lipinski definition) is 1. The molecule has 0 spiro atoms. The second kappa shape index (κ2) is 22.1. The van der Waals surface area contributed by atoms with Crippen LogP contribution in [0.25, 0.3) is 0 Å². The van der Waals surface area contributed by atoms with Gasteiger partial charge in [0.2, 0.25) is 0 Å². The molecule has 0 fully saturated rings. The molecule has 1 N–H and O–H groups in total. The molecule has 2 unspecified atom stereocenters. The number of quaternary nitrogens is 1. The number of hydrogen-bond acceptors (Lipinski definition) is 6. The minimum absolute atomic E-state index is 0.00810. The number of esters is 2. The number of aliphatic carboxylic acids is 1. The van der Waals surface area contributed by atoms with Crippen LogP contribution in [0.4, 0.5) is 0 Å². The van der Waals surface area contributed by atoms with E-state index in [9.17, 15) is 19.5 Å². The van der Waals surface area contributed by atoms with E-state index in [4.69, 9.17) is 14.2 Å². The van der Waals surface area contributed by atoms with Gasteiger partial charge < -0.3 is 23.8 Å². The second-order valence-electron chi connectivity index (χ2n) is 9.66. The maximum atomic E-state index is 12.2. The average Bonchev–Trinajstić information content (AvgIpc) is 2.83. The van der Waals surface area contributed by atoms with E-state index in [0.29, 0.717) is 12.8 Å². The molecule has 214 valence electrons. The Labute approximate surface area is 228 Å². The molecule has 0 aromatic carbocycles. The zero-order valence-corrected chi connectivity index (χ0v) is 23.8. The number of carboxylic acid groups (broad SMARTS) is 1. The fourth-order valence-electron chi connectivity index (χ4n) is 3.24. The molecule has 0 heterocycles. The van der Waals surface area contributed by atoms with E-state index in [0.717, 1.165) is 25.7 Å². The number of carbonyl (C=O) groups excluding carboxylic acids is 2. The molecule has 8 heteroatoms. The van der Waals surface area contributed by atoms with Crippen molar-refractivity contribution in [2.75, 3.05) is 41.0 Å². The first-order chi connectivity index (χ1) is 18.1. The fraction of sp³-hybridized carbons (Fsp3) is 0.567. The molecule has 0 radical (unpaired) electrons. The van der Waals surface area contributed by atoms with Crippen molar-refractivity contribution in [2.45, 2.75) is 70.9 Å². The van der Waals surface area contributed by atoms with Crippen LogP contribution in [-0.4, -0.2) is 80.6 Å². The Hall–Kier alpha value is -2.97. The molecule has 0 saturated carbocycles. The zero-order valence-electron chi connectivity index (χ0n) is 23.8. The standard InChI is InChI=1S/C30H47NO7/c1-6-7-8-9-10-11-12-13-14-15-16-17-18-19-20-21-29(33)38-27(25-37-26(2)32)24-36-23-22-28(30(34)35)31(3,4)5/h7-8,10-11,13-14,16-17,19-20,27-28H,6,9,12,15,18,21-25H2,1-5H3/p+1/b8-7-,11-10-,14-13-,17-16-,20-19-. The Bertz CT molecular complexity index is 819. The summed E-state index contributed by atoms with van der Waals surface area (Å²) in [6.45, 7) is 3.46. The third-order valence-corrected chi connectivity index (χ3v) is 5.27. The molecular formula is C30H48NO7+. The Morgan fingerprint density at radius 3 is 1.74 bits per heavy atom. The van der Waals surface area contributed by atoms with Gasteiger partial charge in [0.25, 0.3) is 0 Å². The summed E-state index contributed by atoms with van der Waals surface area (Å²) in [4.78, 5) is 34.8. The summed E-state index contributed by atoms with van der Waals surface area (Å²) in [5, 5.41) is 9.40. The van der Waals surface area contributed by atoms with Crippen LogP contribution in [0.2, 0.25) is 0 Å². The van der Waals surface area contributed by atoms with Gasteiger partial charge in [0.15, 0.2) is 12.1 Å². The first kappa shape index (κ1) is 35.0. The molecule has 0 aliphatic rings. The van der Waals surface area contributed by atoms with Gasteiger partial charge in [0, 0.05) is 13.3 Å². The Kier molecular flexibility index (Phi) is 20.3. The van der Waals surface area contributed by atoms with Gasteiger partial charge in [-0.1, -0.05) is 67.7 Å². The first-order valence-electron chi connectivity index (χ1n) is 13.3. The van der Waals surface area contributed by atoms with E-state index in [1.807, 2.05) is 12.2 Å². The van der Waals surface area contributed by atoms with E-state index in [1.54, 1.807) is 27.2 Å². The van der Waals surface area contributed by atoms with Crippen molar-refractivity contribution in [3.05, 3.63) is 60.8 Å². The molecule has 2 atom stereocenters. The molecule has 0 aliphatic heterocycles. The van der Waals surface area contributed by atoms with Crippen LogP contribution in [0.1, 0.15) is 58.8 Å². The van der Waals surface area contributed by atoms with Gasteiger partial charge in [0.1, 0.15) is 6.61 Å². The number of nitrogens with zero attached hydrogens (tertiary/aromatic N) is 1. The van der Waals surface area contributed by atoms with Gasteiger partial charge in [-0.25, -0.2) is 4.79 Å². The topological polar surface area (TPSA) is 99.1 Å². The molecule has 0 aromatic rings. The van der Waals surface area contributed by atoms with Crippen molar-refractivity contribution in [3.63, 3.8) is 0 Å². The van der Waals surface area contributed by atoms with Crippen molar-refractivity contribution in [1.82, 2.24) is 0 Å². The van der Waals surface area contributed by atoms with Crippen LogP contribution in [-0.2, 0) is 28.6 Å². The lowest BCUT2D eigenvalue weighted by molar-refractivity contribution is -0.887. The molecule has 0 aliphatic carbocycles. The van der Waals surface area contributed by atoms with Crippen LogP contribution >= 0.6 is 0 Å². The highest BCUT2D eigenvalue weighted by Gasteiger charge is 2.31. The molecule has 38 heavy (non-hydrogen) atoms. The number of carboxylic acids is 1. The van der Waals surface area contributed by atoms with Crippen molar-refractivity contribution in [2.24, 2.45) is 0 Å². The summed E-state index contributed by atoms with van der Waals surface area (Å²) in [6.07, 6.45) is 24.8. The predicted octanol–water partition coefficient (Wildman–Crippen LogP) is 5.17. The molecule has 0 saturated heterocycles. The summed E-state index contributed by atoms with van der Waals surface area (Å²) in [5.41, 5.74) is 0. The molecule has 8 nitrogen and oxygen atoms in total. The van der Waals surface area contributed by atoms with Crippen molar-refractivity contribution in [3.8, 4) is 0 Å². The zero-order chi connectivity index (χ0) is 28.7. The Morgan fingerprint density at radius 1 is 0.789 bits per heavy atom. The van der Waals surface area contributed by atoms with E-state index in [-0.39, 0.29) is 30.7 Å². The van der Waals surface area contributed by atoms with Gasteiger partial charge in [-0.05, 0) is 32.1 Å². The molecule has 0 amide bonds. The van der Waals surface area contributed by atoms with Crippen molar-refractivity contribution in [1.29, 1.82) is 0 Å². The number of carbonyl (C=O) groups is 3. The SMILES string of the molecule is CC/C=C\C/C=C\C/C=C\C/C=C\C/C=C\CC(=O)OC(COCCC(C(=O)O)[N+](C)(C)C)COC(C)=O. The van der Waals surface area contributed by atoms with E-state index in [2.05, 4.69) is 49.5 Å². The molecule has 0 bridgehead atoms. The van der Waals surface area contributed by atoms with Crippen LogP contribution in [0.3, 0.4) is 0 Å². The van der Waals surface area contributed by atoms with Crippen LogP contribution in [0, 0.1) is 0 Å². The largest absolute Gasteiger partial charge is 0.477 e. The van der Waals surface area contributed by atoms with Gasteiger partial charge >= 0.3 is 17.9 Å². The second-order valence-corrected chi connectivity index (χ2v) is 9.66. The highest BCUT2D eigenvalue weighted by Crippen LogP contribution is 2.09. The normalized spacial score (nSPS) is 14.2. The summed E-state index contributed by atoms with van der Waals surface area (Å²) < 4.78 is 16.2. The van der Waals surface area contributed by atoms with Crippen LogP contribution in [0.5, 0.6) is 0 Å². The van der Waals surface area contributed by atoms with E-state index < -0.39 is 30.1 Å². The van der Waals surface area contributed by atoms with E-state index in [1.165, 1.54) is 6.92 Å². The Balaban J connectivity index is 4.33. The summed E-state index contributed by atoms with van der Waals surface area (Å²) in [7, 11) is 5.41. The number of ether oxygens (including phenoxy) is 3. The van der Waals surface area contributed by atoms with Gasteiger partial charge in [-0.2, -0.15) is 0 Å². The monoisotopic (exact) mass is 534 g/mol.